The van der Waals surface area contributed by atoms with E-state index in [0.29, 0.717) is 6.54 Å². The first-order chi connectivity index (χ1) is 8.76. The van der Waals surface area contributed by atoms with Crippen molar-refractivity contribution in [2.45, 2.75) is 31.0 Å². The summed E-state index contributed by atoms with van der Waals surface area (Å²) in [4.78, 5) is 24.9. The predicted octanol–water partition coefficient (Wildman–Crippen LogP) is -0.891. The zero-order valence-electron chi connectivity index (χ0n) is 9.98. The predicted molar refractivity (Wildman–Crippen MR) is 61.9 cm³/mol. The Labute approximate surface area is 108 Å². The standard InChI is InChI=1S/C9H13N3O6S/c1-2-12-4-7(10-5-12)19(17,18)11-6(9(15)16)3-8(13)14/h4-6,11H,2-3H2,1H3,(H,13,14)(H,15,16). The molecule has 0 spiro atoms. The number of carboxylic acid groups (broad SMARTS) is 2. The van der Waals surface area contributed by atoms with Gasteiger partial charge in [0.25, 0.3) is 10.0 Å². The molecule has 0 saturated heterocycles. The van der Waals surface area contributed by atoms with Crippen LogP contribution in [0.15, 0.2) is 17.6 Å². The Morgan fingerprint density at radius 1 is 1.47 bits per heavy atom. The maximum atomic E-state index is 11.8. The molecule has 1 unspecified atom stereocenters. The molecule has 1 aromatic heterocycles. The fraction of sp³-hybridized carbons (Fsp3) is 0.444. The van der Waals surface area contributed by atoms with Crippen LogP contribution in [-0.2, 0) is 26.2 Å². The van der Waals surface area contributed by atoms with Crippen molar-refractivity contribution in [2.24, 2.45) is 0 Å². The van der Waals surface area contributed by atoms with Crippen LogP contribution in [0.25, 0.3) is 0 Å². The van der Waals surface area contributed by atoms with E-state index in [-0.39, 0.29) is 5.03 Å². The average molecular weight is 291 g/mol. The molecule has 3 N–H and O–H groups in total. The molecule has 0 aliphatic rings. The molecule has 0 aliphatic heterocycles. The summed E-state index contributed by atoms with van der Waals surface area (Å²) in [5.41, 5.74) is 0. The minimum atomic E-state index is -4.17. The SMILES string of the molecule is CCn1cnc(S(=O)(=O)NC(CC(=O)O)C(=O)O)c1. The number of aliphatic carboxylic acids is 2. The van der Waals surface area contributed by atoms with Crippen molar-refractivity contribution in [3.8, 4) is 0 Å². The highest BCUT2D eigenvalue weighted by atomic mass is 32.2. The third-order valence-electron chi connectivity index (χ3n) is 2.22. The van der Waals surface area contributed by atoms with E-state index < -0.39 is 34.4 Å². The highest BCUT2D eigenvalue weighted by Gasteiger charge is 2.28. The molecule has 1 heterocycles. The maximum absolute atomic E-state index is 11.8. The van der Waals surface area contributed by atoms with Crippen molar-refractivity contribution in [2.75, 3.05) is 0 Å². The molecule has 9 nitrogen and oxygen atoms in total. The minimum Gasteiger partial charge on any atom is -0.481 e. The molecule has 1 aromatic rings. The van der Waals surface area contributed by atoms with Gasteiger partial charge in [-0.1, -0.05) is 0 Å². The van der Waals surface area contributed by atoms with Gasteiger partial charge in [-0.15, -0.1) is 0 Å². The van der Waals surface area contributed by atoms with Gasteiger partial charge in [-0.25, -0.2) is 13.4 Å². The van der Waals surface area contributed by atoms with Crippen molar-refractivity contribution in [1.29, 1.82) is 0 Å². The zero-order chi connectivity index (χ0) is 14.6. The van der Waals surface area contributed by atoms with Crippen molar-refractivity contribution in [3.63, 3.8) is 0 Å². The lowest BCUT2D eigenvalue weighted by Crippen LogP contribution is -2.42. The Morgan fingerprint density at radius 3 is 2.53 bits per heavy atom. The van der Waals surface area contributed by atoms with Crippen molar-refractivity contribution < 1.29 is 28.2 Å². The van der Waals surface area contributed by atoms with E-state index in [0.717, 1.165) is 0 Å². The smallest absolute Gasteiger partial charge is 0.322 e. The first-order valence-electron chi connectivity index (χ1n) is 5.25. The lowest BCUT2D eigenvalue weighted by Gasteiger charge is -2.11. The fourth-order valence-electron chi connectivity index (χ4n) is 1.25. The number of aryl methyl sites for hydroxylation is 1. The summed E-state index contributed by atoms with van der Waals surface area (Å²) in [6.07, 6.45) is 1.65. The first-order valence-corrected chi connectivity index (χ1v) is 6.73. The van der Waals surface area contributed by atoms with Gasteiger partial charge in [0.05, 0.1) is 12.7 Å². The molecular formula is C9H13N3O6S. The van der Waals surface area contributed by atoms with Crippen LogP contribution in [0.1, 0.15) is 13.3 Å². The van der Waals surface area contributed by atoms with Gasteiger partial charge in [0.1, 0.15) is 6.04 Å². The molecule has 0 radical (unpaired) electrons. The second-order valence-corrected chi connectivity index (χ2v) is 5.31. The third kappa shape index (κ3) is 4.03. The van der Waals surface area contributed by atoms with E-state index in [1.54, 1.807) is 11.6 Å². The second-order valence-electron chi connectivity index (χ2n) is 3.65. The number of hydrogen-bond donors (Lipinski definition) is 3. The summed E-state index contributed by atoms with van der Waals surface area (Å²) in [7, 11) is -4.17. The molecule has 19 heavy (non-hydrogen) atoms. The van der Waals surface area contributed by atoms with Crippen molar-refractivity contribution in [3.05, 3.63) is 12.5 Å². The molecule has 0 saturated carbocycles. The van der Waals surface area contributed by atoms with Crippen LogP contribution in [0.2, 0.25) is 0 Å². The molecule has 106 valence electrons. The number of carbonyl (C=O) groups is 2. The molecule has 0 aromatic carbocycles. The van der Waals surface area contributed by atoms with E-state index in [1.165, 1.54) is 17.1 Å². The van der Waals surface area contributed by atoms with Gasteiger partial charge >= 0.3 is 11.9 Å². The van der Waals surface area contributed by atoms with Crippen LogP contribution in [0.3, 0.4) is 0 Å². The molecule has 1 rings (SSSR count). The van der Waals surface area contributed by atoms with Crippen LogP contribution >= 0.6 is 0 Å². The summed E-state index contributed by atoms with van der Waals surface area (Å²) in [5, 5.41) is 16.9. The molecular weight excluding hydrogens is 278 g/mol. The number of rotatable bonds is 7. The number of nitrogens with one attached hydrogen (secondary N) is 1. The van der Waals surface area contributed by atoms with Crippen LogP contribution in [0, 0.1) is 0 Å². The Kier molecular flexibility index (Phi) is 4.62. The van der Waals surface area contributed by atoms with Crippen LogP contribution in [0.4, 0.5) is 0 Å². The van der Waals surface area contributed by atoms with Gasteiger partial charge in [-0.3, -0.25) is 9.59 Å². The summed E-state index contributed by atoms with van der Waals surface area (Å²) >= 11 is 0. The number of imidazole rings is 1. The van der Waals surface area contributed by atoms with Crippen molar-refractivity contribution >= 4 is 22.0 Å². The molecule has 0 fully saturated rings. The van der Waals surface area contributed by atoms with Gasteiger partial charge in [0.2, 0.25) is 0 Å². The Balaban J connectivity index is 2.93. The number of hydrogen-bond acceptors (Lipinski definition) is 5. The van der Waals surface area contributed by atoms with E-state index in [2.05, 4.69) is 4.98 Å². The average Bonchev–Trinajstić information content (AvgIpc) is 2.76. The number of sulfonamides is 1. The quantitative estimate of drug-likeness (QED) is 0.592. The minimum absolute atomic E-state index is 0.356. The van der Waals surface area contributed by atoms with Crippen LogP contribution in [0.5, 0.6) is 0 Å². The van der Waals surface area contributed by atoms with Gasteiger partial charge in [-0.05, 0) is 6.92 Å². The first kappa shape index (κ1) is 15.1. The topological polar surface area (TPSA) is 139 Å². The molecule has 1 atom stereocenters. The molecule has 0 aliphatic carbocycles. The molecule has 0 amide bonds. The lowest BCUT2D eigenvalue weighted by molar-refractivity contribution is -0.145. The highest BCUT2D eigenvalue weighted by molar-refractivity contribution is 7.89. The summed E-state index contributed by atoms with van der Waals surface area (Å²) in [5.74, 6) is -2.99. The van der Waals surface area contributed by atoms with Crippen LogP contribution < -0.4 is 4.72 Å². The summed E-state index contributed by atoms with van der Waals surface area (Å²) in [6, 6.07) is -1.74. The second kappa shape index (κ2) is 5.80. The Hall–Kier alpha value is -1.94. The maximum Gasteiger partial charge on any atom is 0.322 e. The number of nitrogens with zero attached hydrogens (tertiary/aromatic N) is 2. The van der Waals surface area contributed by atoms with Gasteiger partial charge in [-0.2, -0.15) is 4.72 Å². The van der Waals surface area contributed by atoms with Gasteiger partial charge < -0.3 is 14.8 Å². The Bertz CT molecular complexity index is 579. The summed E-state index contributed by atoms with van der Waals surface area (Å²) in [6.45, 7) is 2.27. The van der Waals surface area contributed by atoms with E-state index in [9.17, 15) is 18.0 Å². The normalized spacial score (nSPS) is 13.1. The number of aromatic nitrogens is 2. The lowest BCUT2D eigenvalue weighted by atomic mass is 10.2. The van der Waals surface area contributed by atoms with E-state index in [1.807, 2.05) is 0 Å². The molecule has 0 bridgehead atoms. The largest absolute Gasteiger partial charge is 0.481 e. The fourth-order valence-corrected chi connectivity index (χ4v) is 2.39. The highest BCUT2D eigenvalue weighted by Crippen LogP contribution is 2.07. The van der Waals surface area contributed by atoms with Crippen LogP contribution in [-0.4, -0.2) is 46.2 Å². The van der Waals surface area contributed by atoms with E-state index >= 15 is 0 Å². The van der Waals surface area contributed by atoms with Gasteiger partial charge in [0, 0.05) is 12.7 Å². The zero-order valence-corrected chi connectivity index (χ0v) is 10.8. The summed E-state index contributed by atoms with van der Waals surface area (Å²) < 4.78 is 26.9. The third-order valence-corrected chi connectivity index (χ3v) is 3.58. The number of carboxylic acids is 2. The monoisotopic (exact) mass is 291 g/mol. The van der Waals surface area contributed by atoms with Gasteiger partial charge in [0.15, 0.2) is 5.03 Å². The Morgan fingerprint density at radius 2 is 2.11 bits per heavy atom. The molecule has 10 heteroatoms. The van der Waals surface area contributed by atoms with Crippen molar-refractivity contribution in [1.82, 2.24) is 14.3 Å². The van der Waals surface area contributed by atoms with E-state index in [4.69, 9.17) is 10.2 Å².